The zero-order chi connectivity index (χ0) is 23.4. The predicted octanol–water partition coefficient (Wildman–Crippen LogP) is 7.39. The molecule has 166 valence electrons. The number of aryl methyl sites for hydroxylation is 1. The third-order valence-electron chi connectivity index (χ3n) is 6.18. The van der Waals surface area contributed by atoms with Crippen molar-refractivity contribution in [3.05, 3.63) is 108 Å². The molecule has 1 unspecified atom stereocenters. The van der Waals surface area contributed by atoms with Crippen LogP contribution in [0.4, 0.5) is 5.69 Å². The quantitative estimate of drug-likeness (QED) is 0.282. The van der Waals surface area contributed by atoms with E-state index in [0.717, 1.165) is 15.6 Å². The van der Waals surface area contributed by atoms with Crippen molar-refractivity contribution in [2.45, 2.75) is 32.7 Å². The monoisotopic (exact) mass is 521 g/mol. The molecule has 5 rings (SSSR count). The van der Waals surface area contributed by atoms with Gasteiger partial charge in [0.2, 0.25) is 5.76 Å². The number of amides is 1. The summed E-state index contributed by atoms with van der Waals surface area (Å²) in [6.07, 6.45) is 0. The Balaban J connectivity index is 1.79. The first-order chi connectivity index (χ1) is 15.8. The topological polar surface area (TPSA) is 50.5 Å². The van der Waals surface area contributed by atoms with Crippen molar-refractivity contribution in [3.63, 3.8) is 0 Å². The summed E-state index contributed by atoms with van der Waals surface area (Å²) in [7, 11) is 0. The molecule has 2 heterocycles. The lowest BCUT2D eigenvalue weighted by Gasteiger charge is -2.26. The van der Waals surface area contributed by atoms with E-state index < -0.39 is 6.04 Å². The zero-order valence-corrected chi connectivity index (χ0v) is 20.7. The minimum absolute atomic E-state index is 0.0736. The standard InChI is InChI=1S/C27H21BrClNO3/c1-14(2)16-5-7-17(8-6-16)24-23-25(31)20-12-18(28)9-11-22(20)33-26(23)27(32)30(24)19-10-4-15(3)21(29)13-19/h4-14,24H,1-3H3. The van der Waals surface area contributed by atoms with Gasteiger partial charge in [-0.2, -0.15) is 0 Å². The average molecular weight is 523 g/mol. The minimum atomic E-state index is -0.618. The van der Waals surface area contributed by atoms with Gasteiger partial charge in [0, 0.05) is 15.2 Å². The predicted molar refractivity (Wildman–Crippen MR) is 136 cm³/mol. The number of carbonyl (C=O) groups is 1. The highest BCUT2D eigenvalue weighted by Gasteiger charge is 2.43. The van der Waals surface area contributed by atoms with Gasteiger partial charge >= 0.3 is 0 Å². The second kappa shape index (κ2) is 8.15. The molecule has 0 fully saturated rings. The molecule has 4 nitrogen and oxygen atoms in total. The highest BCUT2D eigenvalue weighted by atomic mass is 79.9. The Morgan fingerprint density at radius 2 is 1.73 bits per heavy atom. The van der Waals surface area contributed by atoms with E-state index in [4.69, 9.17) is 16.0 Å². The summed E-state index contributed by atoms with van der Waals surface area (Å²) >= 11 is 9.84. The number of hydrogen-bond acceptors (Lipinski definition) is 3. The van der Waals surface area contributed by atoms with Crippen LogP contribution in [0.1, 0.15) is 58.6 Å². The molecule has 0 bridgehead atoms. The van der Waals surface area contributed by atoms with Crippen LogP contribution in [0.15, 0.2) is 74.3 Å². The second-order valence-electron chi connectivity index (χ2n) is 8.65. The molecule has 1 amide bonds. The van der Waals surface area contributed by atoms with Gasteiger partial charge in [0.15, 0.2) is 5.43 Å². The van der Waals surface area contributed by atoms with Gasteiger partial charge in [-0.05, 0) is 59.9 Å². The normalized spacial score (nSPS) is 15.5. The number of fused-ring (bicyclic) bond motifs is 2. The fraction of sp³-hybridized carbons (Fsp3) is 0.185. The van der Waals surface area contributed by atoms with Crippen LogP contribution in [0.5, 0.6) is 0 Å². The Morgan fingerprint density at radius 1 is 1.00 bits per heavy atom. The lowest BCUT2D eigenvalue weighted by atomic mass is 9.95. The van der Waals surface area contributed by atoms with Crippen LogP contribution in [0, 0.1) is 6.92 Å². The first-order valence-corrected chi connectivity index (χ1v) is 11.9. The van der Waals surface area contributed by atoms with Gasteiger partial charge in [-0.25, -0.2) is 0 Å². The van der Waals surface area contributed by atoms with Crippen molar-refractivity contribution in [2.24, 2.45) is 0 Å². The molecule has 1 aliphatic heterocycles. The molecule has 33 heavy (non-hydrogen) atoms. The summed E-state index contributed by atoms with van der Waals surface area (Å²) in [5.41, 5.74) is 4.07. The molecule has 1 aliphatic rings. The number of rotatable bonds is 3. The van der Waals surface area contributed by atoms with E-state index in [9.17, 15) is 9.59 Å². The number of hydrogen-bond donors (Lipinski definition) is 0. The van der Waals surface area contributed by atoms with Crippen molar-refractivity contribution in [2.75, 3.05) is 4.90 Å². The van der Waals surface area contributed by atoms with Crippen LogP contribution in [-0.2, 0) is 0 Å². The lowest BCUT2D eigenvalue weighted by Crippen LogP contribution is -2.29. The summed E-state index contributed by atoms with van der Waals surface area (Å²) in [5, 5.41) is 0.988. The highest BCUT2D eigenvalue weighted by Crippen LogP contribution is 2.42. The van der Waals surface area contributed by atoms with E-state index in [0.29, 0.717) is 33.2 Å². The number of nitrogens with zero attached hydrogens (tertiary/aromatic N) is 1. The van der Waals surface area contributed by atoms with Gasteiger partial charge in [-0.1, -0.05) is 71.7 Å². The summed E-state index contributed by atoms with van der Waals surface area (Å²) < 4.78 is 6.80. The van der Waals surface area contributed by atoms with E-state index in [1.807, 2.05) is 43.3 Å². The van der Waals surface area contributed by atoms with Crippen molar-refractivity contribution >= 4 is 50.1 Å². The van der Waals surface area contributed by atoms with Crippen LogP contribution >= 0.6 is 27.5 Å². The molecule has 1 atom stereocenters. The number of anilines is 1. The molecule has 0 N–H and O–H groups in total. The molecular formula is C27H21BrClNO3. The minimum Gasteiger partial charge on any atom is -0.450 e. The van der Waals surface area contributed by atoms with Gasteiger partial charge in [-0.15, -0.1) is 0 Å². The molecule has 3 aromatic carbocycles. The number of benzene rings is 3. The molecule has 0 saturated heterocycles. The van der Waals surface area contributed by atoms with E-state index in [2.05, 4.69) is 29.8 Å². The van der Waals surface area contributed by atoms with E-state index in [-0.39, 0.29) is 17.1 Å². The van der Waals surface area contributed by atoms with Crippen LogP contribution in [-0.4, -0.2) is 5.91 Å². The van der Waals surface area contributed by atoms with Crippen LogP contribution < -0.4 is 10.3 Å². The summed E-state index contributed by atoms with van der Waals surface area (Å²) in [5.74, 6) is 0.0872. The number of carbonyl (C=O) groups excluding carboxylic acids is 1. The Labute approximate surface area is 204 Å². The lowest BCUT2D eigenvalue weighted by molar-refractivity contribution is 0.0971. The molecule has 1 aromatic heterocycles. The van der Waals surface area contributed by atoms with Crippen LogP contribution in [0.25, 0.3) is 11.0 Å². The summed E-state index contributed by atoms with van der Waals surface area (Å²) in [6, 6.07) is 18.1. The third-order valence-corrected chi connectivity index (χ3v) is 7.09. The maximum absolute atomic E-state index is 13.7. The Hall–Kier alpha value is -2.89. The van der Waals surface area contributed by atoms with Crippen molar-refractivity contribution in [1.82, 2.24) is 0 Å². The van der Waals surface area contributed by atoms with Crippen molar-refractivity contribution in [1.29, 1.82) is 0 Å². The molecule has 0 aliphatic carbocycles. The average Bonchev–Trinajstić information content (AvgIpc) is 3.09. The molecular weight excluding hydrogens is 502 g/mol. The molecule has 4 aromatic rings. The fourth-order valence-corrected chi connectivity index (χ4v) is 4.86. The Kier molecular flexibility index (Phi) is 5.42. The van der Waals surface area contributed by atoms with E-state index >= 15 is 0 Å². The summed E-state index contributed by atoms with van der Waals surface area (Å²) in [4.78, 5) is 29.0. The maximum atomic E-state index is 13.7. The third kappa shape index (κ3) is 3.60. The molecule has 0 spiro atoms. The smallest absolute Gasteiger partial charge is 0.295 e. The van der Waals surface area contributed by atoms with Crippen molar-refractivity contribution in [3.8, 4) is 0 Å². The van der Waals surface area contributed by atoms with Gasteiger partial charge in [0.25, 0.3) is 5.91 Å². The Bertz CT molecular complexity index is 1470. The van der Waals surface area contributed by atoms with Gasteiger partial charge < -0.3 is 4.42 Å². The van der Waals surface area contributed by atoms with Crippen LogP contribution in [0.2, 0.25) is 5.02 Å². The first kappa shape index (κ1) is 21.9. The fourth-order valence-electron chi connectivity index (χ4n) is 4.32. The first-order valence-electron chi connectivity index (χ1n) is 10.7. The highest BCUT2D eigenvalue weighted by molar-refractivity contribution is 9.10. The van der Waals surface area contributed by atoms with E-state index in [1.165, 1.54) is 5.56 Å². The van der Waals surface area contributed by atoms with Crippen LogP contribution in [0.3, 0.4) is 0 Å². The second-order valence-corrected chi connectivity index (χ2v) is 9.97. The zero-order valence-electron chi connectivity index (χ0n) is 18.4. The summed E-state index contributed by atoms with van der Waals surface area (Å²) in [6.45, 7) is 6.16. The van der Waals surface area contributed by atoms with Gasteiger partial charge in [-0.3, -0.25) is 14.5 Å². The van der Waals surface area contributed by atoms with E-state index in [1.54, 1.807) is 29.2 Å². The molecule has 0 radical (unpaired) electrons. The SMILES string of the molecule is Cc1ccc(N2C(=O)c3oc4ccc(Br)cc4c(=O)c3C2c2ccc(C(C)C)cc2)cc1Cl. The molecule has 0 saturated carbocycles. The van der Waals surface area contributed by atoms with Gasteiger partial charge in [0.05, 0.1) is 17.0 Å². The largest absolute Gasteiger partial charge is 0.450 e. The van der Waals surface area contributed by atoms with Gasteiger partial charge in [0.1, 0.15) is 5.58 Å². The number of halogens is 2. The molecule has 6 heteroatoms. The Morgan fingerprint density at radius 3 is 2.39 bits per heavy atom. The van der Waals surface area contributed by atoms with Crippen molar-refractivity contribution < 1.29 is 9.21 Å². The maximum Gasteiger partial charge on any atom is 0.295 e.